The molecule has 0 fully saturated rings. The second-order valence-corrected chi connectivity index (χ2v) is 7.04. The van der Waals surface area contributed by atoms with Gasteiger partial charge in [0, 0.05) is 35.6 Å². The summed E-state index contributed by atoms with van der Waals surface area (Å²) in [6.07, 6.45) is 4.26. The van der Waals surface area contributed by atoms with Gasteiger partial charge in [-0.15, -0.1) is 22.7 Å². The Morgan fingerprint density at radius 3 is 3.00 bits per heavy atom. The molecule has 0 radical (unpaired) electrons. The Morgan fingerprint density at radius 1 is 1.45 bits per heavy atom. The highest BCUT2D eigenvalue weighted by molar-refractivity contribution is 7.15. The molecule has 2 aromatic rings. The lowest BCUT2D eigenvalue weighted by molar-refractivity contribution is 0.577. The maximum atomic E-state index is 4.55. The lowest BCUT2D eigenvalue weighted by atomic mass is 10.3. The normalized spacial score (nSPS) is 12.6. The Balaban J connectivity index is 1.87. The van der Waals surface area contributed by atoms with Crippen molar-refractivity contribution < 1.29 is 0 Å². The van der Waals surface area contributed by atoms with E-state index < -0.39 is 0 Å². The number of nitrogens with zero attached hydrogens (tertiary/aromatic N) is 2. The average Bonchev–Trinajstić information content (AvgIpc) is 3.12. The predicted octanol–water partition coefficient (Wildman–Crippen LogP) is 3.94. The lowest BCUT2D eigenvalue weighted by Crippen LogP contribution is -2.19. The molecular formula is C15H23N3S2. The summed E-state index contributed by atoms with van der Waals surface area (Å²) in [6, 6.07) is 4.71. The SMILES string of the molecule is CCCNC(C)c1cnc(N(C)CCc2cccs2)s1. The van der Waals surface area contributed by atoms with E-state index in [1.165, 1.54) is 9.75 Å². The third kappa shape index (κ3) is 4.30. The van der Waals surface area contributed by atoms with Crippen LogP contribution in [0.4, 0.5) is 5.13 Å². The monoisotopic (exact) mass is 309 g/mol. The topological polar surface area (TPSA) is 28.2 Å². The summed E-state index contributed by atoms with van der Waals surface area (Å²) in [5, 5.41) is 6.76. The molecule has 1 atom stereocenters. The van der Waals surface area contributed by atoms with Crippen molar-refractivity contribution in [2.24, 2.45) is 0 Å². The van der Waals surface area contributed by atoms with Crippen molar-refractivity contribution in [3.63, 3.8) is 0 Å². The first-order chi connectivity index (χ1) is 9.70. The quantitative estimate of drug-likeness (QED) is 0.800. The van der Waals surface area contributed by atoms with Crippen LogP contribution in [0.3, 0.4) is 0 Å². The molecule has 0 aliphatic heterocycles. The number of nitrogens with one attached hydrogen (secondary N) is 1. The van der Waals surface area contributed by atoms with E-state index in [0.717, 1.165) is 31.1 Å². The fourth-order valence-corrected chi connectivity index (χ4v) is 3.57. The van der Waals surface area contributed by atoms with Crippen molar-refractivity contribution in [3.05, 3.63) is 33.5 Å². The van der Waals surface area contributed by atoms with E-state index >= 15 is 0 Å². The molecule has 20 heavy (non-hydrogen) atoms. The molecule has 2 heterocycles. The van der Waals surface area contributed by atoms with E-state index in [4.69, 9.17) is 0 Å². The van der Waals surface area contributed by atoms with Crippen molar-refractivity contribution in [3.8, 4) is 0 Å². The van der Waals surface area contributed by atoms with E-state index in [-0.39, 0.29) is 0 Å². The zero-order valence-electron chi connectivity index (χ0n) is 12.4. The standard InChI is InChI=1S/C15H23N3S2/c1-4-8-16-12(2)14-11-17-15(20-14)18(3)9-7-13-6-5-10-19-13/h5-6,10-12,16H,4,7-9H2,1-3H3. The summed E-state index contributed by atoms with van der Waals surface area (Å²) < 4.78 is 0. The van der Waals surface area contributed by atoms with Crippen molar-refractivity contribution in [2.45, 2.75) is 32.7 Å². The molecule has 1 N–H and O–H groups in total. The Kier molecular flexibility index (Phi) is 6.01. The molecule has 0 aromatic carbocycles. The van der Waals surface area contributed by atoms with Crippen molar-refractivity contribution in [1.29, 1.82) is 0 Å². The Bertz CT molecular complexity index is 493. The molecule has 5 heteroatoms. The zero-order chi connectivity index (χ0) is 14.4. The number of anilines is 1. The van der Waals surface area contributed by atoms with Crippen LogP contribution in [0.5, 0.6) is 0 Å². The summed E-state index contributed by atoms with van der Waals surface area (Å²) in [4.78, 5) is 9.56. The molecule has 0 saturated carbocycles. The van der Waals surface area contributed by atoms with Gasteiger partial charge in [-0.1, -0.05) is 13.0 Å². The second-order valence-electron chi connectivity index (χ2n) is 4.97. The van der Waals surface area contributed by atoms with Crippen molar-refractivity contribution in [2.75, 3.05) is 25.0 Å². The van der Waals surface area contributed by atoms with Gasteiger partial charge in [-0.3, -0.25) is 0 Å². The summed E-state index contributed by atoms with van der Waals surface area (Å²) in [7, 11) is 2.13. The first-order valence-electron chi connectivity index (χ1n) is 7.13. The molecular weight excluding hydrogens is 286 g/mol. The van der Waals surface area contributed by atoms with Gasteiger partial charge in [0.15, 0.2) is 5.13 Å². The van der Waals surface area contributed by atoms with E-state index in [1.54, 1.807) is 11.3 Å². The Labute approximate surface area is 129 Å². The summed E-state index contributed by atoms with van der Waals surface area (Å²) in [5.41, 5.74) is 0. The Morgan fingerprint density at radius 2 is 2.30 bits per heavy atom. The van der Waals surface area contributed by atoms with Crippen LogP contribution in [0.25, 0.3) is 0 Å². The van der Waals surface area contributed by atoms with Gasteiger partial charge < -0.3 is 10.2 Å². The third-order valence-corrected chi connectivity index (χ3v) is 5.47. The molecule has 0 saturated heterocycles. The minimum absolute atomic E-state index is 0.395. The number of rotatable bonds is 8. The van der Waals surface area contributed by atoms with Gasteiger partial charge in [0.05, 0.1) is 0 Å². The summed E-state index contributed by atoms with van der Waals surface area (Å²) >= 11 is 3.62. The van der Waals surface area contributed by atoms with Crippen LogP contribution in [-0.4, -0.2) is 25.1 Å². The molecule has 2 aromatic heterocycles. The van der Waals surface area contributed by atoms with Crippen molar-refractivity contribution in [1.82, 2.24) is 10.3 Å². The molecule has 0 aliphatic carbocycles. The summed E-state index contributed by atoms with van der Waals surface area (Å²) in [6.45, 7) is 6.47. The molecule has 0 aliphatic rings. The molecule has 0 amide bonds. The van der Waals surface area contributed by atoms with Crippen LogP contribution in [0, 0.1) is 0 Å². The first-order valence-corrected chi connectivity index (χ1v) is 8.83. The maximum absolute atomic E-state index is 4.55. The van der Waals surface area contributed by atoms with Gasteiger partial charge >= 0.3 is 0 Å². The van der Waals surface area contributed by atoms with Gasteiger partial charge in [-0.2, -0.15) is 0 Å². The lowest BCUT2D eigenvalue weighted by Gasteiger charge is -2.15. The van der Waals surface area contributed by atoms with Crippen molar-refractivity contribution >= 4 is 27.8 Å². The minimum Gasteiger partial charge on any atom is -0.351 e. The van der Waals surface area contributed by atoms with Gasteiger partial charge in [0.25, 0.3) is 0 Å². The molecule has 0 spiro atoms. The number of thiophene rings is 1. The average molecular weight is 310 g/mol. The highest BCUT2D eigenvalue weighted by Crippen LogP contribution is 2.26. The van der Waals surface area contributed by atoms with E-state index in [2.05, 4.69) is 53.6 Å². The van der Waals surface area contributed by atoms with Crippen LogP contribution in [0.1, 0.15) is 36.1 Å². The van der Waals surface area contributed by atoms with E-state index in [9.17, 15) is 0 Å². The van der Waals surface area contributed by atoms with Crippen LogP contribution >= 0.6 is 22.7 Å². The highest BCUT2D eigenvalue weighted by atomic mass is 32.1. The van der Waals surface area contributed by atoms with Crippen LogP contribution in [0.2, 0.25) is 0 Å². The van der Waals surface area contributed by atoms with Crippen LogP contribution < -0.4 is 10.2 Å². The largest absolute Gasteiger partial charge is 0.351 e. The van der Waals surface area contributed by atoms with Gasteiger partial charge in [0.1, 0.15) is 0 Å². The predicted molar refractivity (Wildman–Crippen MR) is 90.1 cm³/mol. The van der Waals surface area contributed by atoms with Gasteiger partial charge in [0.2, 0.25) is 0 Å². The van der Waals surface area contributed by atoms with Gasteiger partial charge in [-0.25, -0.2) is 4.98 Å². The smallest absolute Gasteiger partial charge is 0.185 e. The molecule has 3 nitrogen and oxygen atoms in total. The van der Waals surface area contributed by atoms with E-state index in [0.29, 0.717) is 6.04 Å². The van der Waals surface area contributed by atoms with Gasteiger partial charge in [-0.05, 0) is 37.8 Å². The van der Waals surface area contributed by atoms with Crippen LogP contribution in [0.15, 0.2) is 23.7 Å². The third-order valence-electron chi connectivity index (χ3n) is 3.24. The minimum atomic E-state index is 0.395. The van der Waals surface area contributed by atoms with Crippen LogP contribution in [-0.2, 0) is 6.42 Å². The number of hydrogen-bond donors (Lipinski definition) is 1. The molecule has 2 rings (SSSR count). The molecule has 1 unspecified atom stereocenters. The fourth-order valence-electron chi connectivity index (χ4n) is 1.94. The number of thiazole rings is 1. The Hall–Kier alpha value is -0.910. The zero-order valence-corrected chi connectivity index (χ0v) is 14.1. The number of likely N-dealkylation sites (N-methyl/N-ethyl adjacent to an activating group) is 1. The maximum Gasteiger partial charge on any atom is 0.185 e. The number of aromatic nitrogens is 1. The number of hydrogen-bond acceptors (Lipinski definition) is 5. The first kappa shape index (κ1) is 15.5. The summed E-state index contributed by atoms with van der Waals surface area (Å²) in [5.74, 6) is 0. The molecule has 110 valence electrons. The van der Waals surface area contributed by atoms with E-state index in [1.807, 2.05) is 17.5 Å². The second kappa shape index (κ2) is 7.76. The molecule has 0 bridgehead atoms. The fraction of sp³-hybridized carbons (Fsp3) is 0.533. The highest BCUT2D eigenvalue weighted by Gasteiger charge is 2.11.